The quantitative estimate of drug-likeness (QED) is 0.360. The van der Waals surface area contributed by atoms with E-state index in [1.54, 1.807) is 0 Å². The SMILES string of the molecule is CCCc1ccc2cc(Oc3ccc(Oc4ccccc4)cc3)ccc2c1. The van der Waals surface area contributed by atoms with E-state index in [0.717, 1.165) is 35.8 Å². The van der Waals surface area contributed by atoms with Crippen LogP contribution < -0.4 is 9.47 Å². The summed E-state index contributed by atoms with van der Waals surface area (Å²) in [6, 6.07) is 30.3. The Balaban J connectivity index is 1.47. The monoisotopic (exact) mass is 354 g/mol. The summed E-state index contributed by atoms with van der Waals surface area (Å²) in [6.07, 6.45) is 2.28. The van der Waals surface area contributed by atoms with Gasteiger partial charge in [0, 0.05) is 0 Å². The smallest absolute Gasteiger partial charge is 0.128 e. The van der Waals surface area contributed by atoms with E-state index >= 15 is 0 Å². The van der Waals surface area contributed by atoms with E-state index in [1.807, 2.05) is 60.7 Å². The fourth-order valence-electron chi connectivity index (χ4n) is 3.12. The van der Waals surface area contributed by atoms with Gasteiger partial charge < -0.3 is 9.47 Å². The molecule has 2 heteroatoms. The van der Waals surface area contributed by atoms with Crippen molar-refractivity contribution in [3.63, 3.8) is 0 Å². The van der Waals surface area contributed by atoms with Gasteiger partial charge in [-0.2, -0.15) is 0 Å². The minimum absolute atomic E-state index is 0.788. The van der Waals surface area contributed by atoms with Crippen molar-refractivity contribution < 1.29 is 9.47 Å². The zero-order valence-corrected chi connectivity index (χ0v) is 15.4. The van der Waals surface area contributed by atoms with E-state index < -0.39 is 0 Å². The van der Waals surface area contributed by atoms with Crippen LogP contribution in [0.4, 0.5) is 0 Å². The molecule has 2 nitrogen and oxygen atoms in total. The molecule has 134 valence electrons. The van der Waals surface area contributed by atoms with E-state index in [2.05, 4.69) is 37.3 Å². The highest BCUT2D eigenvalue weighted by Gasteiger charge is 2.03. The number of hydrogen-bond acceptors (Lipinski definition) is 2. The van der Waals surface area contributed by atoms with Gasteiger partial charge in [-0.25, -0.2) is 0 Å². The van der Waals surface area contributed by atoms with Crippen molar-refractivity contribution in [1.29, 1.82) is 0 Å². The van der Waals surface area contributed by atoms with Gasteiger partial charge in [0.25, 0.3) is 0 Å². The number of para-hydroxylation sites is 1. The number of hydrogen-bond donors (Lipinski definition) is 0. The summed E-state index contributed by atoms with van der Waals surface area (Å²) in [7, 11) is 0. The fraction of sp³-hybridized carbons (Fsp3) is 0.120. The summed E-state index contributed by atoms with van der Waals surface area (Å²) in [6.45, 7) is 2.21. The Labute approximate surface area is 160 Å². The Morgan fingerprint density at radius 2 is 1.11 bits per heavy atom. The molecule has 0 atom stereocenters. The first-order valence-corrected chi connectivity index (χ1v) is 9.34. The maximum atomic E-state index is 6.01. The lowest BCUT2D eigenvalue weighted by Gasteiger charge is -2.09. The van der Waals surface area contributed by atoms with Crippen LogP contribution in [0.25, 0.3) is 10.8 Å². The van der Waals surface area contributed by atoms with Crippen LogP contribution in [0.5, 0.6) is 23.0 Å². The molecule has 4 rings (SSSR count). The second-order valence-electron chi connectivity index (χ2n) is 6.58. The number of fused-ring (bicyclic) bond motifs is 1. The molecule has 4 aromatic rings. The molecular weight excluding hydrogens is 332 g/mol. The Morgan fingerprint density at radius 1 is 0.556 bits per heavy atom. The maximum absolute atomic E-state index is 6.01. The predicted molar refractivity (Wildman–Crippen MR) is 111 cm³/mol. The highest BCUT2D eigenvalue weighted by molar-refractivity contribution is 5.84. The van der Waals surface area contributed by atoms with Gasteiger partial charge >= 0.3 is 0 Å². The minimum Gasteiger partial charge on any atom is -0.457 e. The standard InChI is InChI=1S/C25H22O2/c1-2-6-19-9-10-21-18-25(12-11-20(21)17-19)27-24-15-13-23(14-16-24)26-22-7-4-3-5-8-22/h3-5,7-18H,2,6H2,1H3. The van der Waals surface area contributed by atoms with Crippen LogP contribution in [0.1, 0.15) is 18.9 Å². The Kier molecular flexibility index (Phi) is 5.06. The summed E-state index contributed by atoms with van der Waals surface area (Å²) in [4.78, 5) is 0. The lowest BCUT2D eigenvalue weighted by Crippen LogP contribution is -1.87. The van der Waals surface area contributed by atoms with Crippen molar-refractivity contribution in [3.8, 4) is 23.0 Å². The van der Waals surface area contributed by atoms with E-state index in [9.17, 15) is 0 Å². The fourth-order valence-corrected chi connectivity index (χ4v) is 3.12. The van der Waals surface area contributed by atoms with Gasteiger partial charge in [0.05, 0.1) is 0 Å². The summed E-state index contributed by atoms with van der Waals surface area (Å²) < 4.78 is 11.8. The van der Waals surface area contributed by atoms with E-state index in [0.29, 0.717) is 0 Å². The Morgan fingerprint density at radius 3 is 1.81 bits per heavy atom. The number of aryl methyl sites for hydroxylation is 1. The second-order valence-corrected chi connectivity index (χ2v) is 6.58. The second kappa shape index (κ2) is 7.96. The summed E-state index contributed by atoms with van der Waals surface area (Å²) in [5, 5.41) is 2.44. The van der Waals surface area contributed by atoms with E-state index in [1.165, 1.54) is 16.3 Å². The third-order valence-corrected chi connectivity index (χ3v) is 4.45. The molecule has 0 aliphatic rings. The molecular formula is C25H22O2. The molecule has 0 radical (unpaired) electrons. The van der Waals surface area contributed by atoms with Gasteiger partial charge in [0.15, 0.2) is 0 Å². The first kappa shape index (κ1) is 17.2. The van der Waals surface area contributed by atoms with Crippen molar-refractivity contribution >= 4 is 10.8 Å². The molecule has 0 aromatic heterocycles. The number of benzene rings is 4. The Bertz CT molecular complexity index is 1020. The van der Waals surface area contributed by atoms with Gasteiger partial charge in [-0.1, -0.05) is 55.8 Å². The normalized spacial score (nSPS) is 10.7. The molecule has 0 aliphatic carbocycles. The summed E-state index contributed by atoms with van der Waals surface area (Å²) in [5.41, 5.74) is 1.38. The molecule has 0 bridgehead atoms. The summed E-state index contributed by atoms with van der Waals surface area (Å²) >= 11 is 0. The van der Waals surface area contributed by atoms with Gasteiger partial charge in [0.1, 0.15) is 23.0 Å². The third-order valence-electron chi connectivity index (χ3n) is 4.45. The molecule has 27 heavy (non-hydrogen) atoms. The van der Waals surface area contributed by atoms with Crippen molar-refractivity contribution in [2.75, 3.05) is 0 Å². The van der Waals surface area contributed by atoms with Crippen molar-refractivity contribution in [3.05, 3.63) is 96.6 Å². The molecule has 0 fully saturated rings. The highest BCUT2D eigenvalue weighted by atomic mass is 16.5. The third kappa shape index (κ3) is 4.29. The molecule has 0 amide bonds. The van der Waals surface area contributed by atoms with E-state index in [-0.39, 0.29) is 0 Å². The predicted octanol–water partition coefficient (Wildman–Crippen LogP) is 7.38. The van der Waals surface area contributed by atoms with Crippen LogP contribution in [-0.4, -0.2) is 0 Å². The van der Waals surface area contributed by atoms with Gasteiger partial charge in [-0.05, 0) is 71.3 Å². The first-order valence-electron chi connectivity index (χ1n) is 9.34. The maximum Gasteiger partial charge on any atom is 0.128 e. The molecule has 0 heterocycles. The number of rotatable bonds is 6. The van der Waals surface area contributed by atoms with Gasteiger partial charge in [-0.3, -0.25) is 0 Å². The molecule has 0 saturated heterocycles. The van der Waals surface area contributed by atoms with Crippen molar-refractivity contribution in [2.45, 2.75) is 19.8 Å². The zero-order valence-electron chi connectivity index (χ0n) is 15.4. The molecule has 0 saturated carbocycles. The topological polar surface area (TPSA) is 18.5 Å². The molecule has 0 aliphatic heterocycles. The van der Waals surface area contributed by atoms with Crippen LogP contribution in [0, 0.1) is 0 Å². The minimum atomic E-state index is 0.788. The average Bonchev–Trinajstić information content (AvgIpc) is 2.71. The lowest BCUT2D eigenvalue weighted by atomic mass is 10.0. The lowest BCUT2D eigenvalue weighted by molar-refractivity contribution is 0.469. The van der Waals surface area contributed by atoms with E-state index in [4.69, 9.17) is 9.47 Å². The van der Waals surface area contributed by atoms with Gasteiger partial charge in [0.2, 0.25) is 0 Å². The van der Waals surface area contributed by atoms with Gasteiger partial charge in [-0.15, -0.1) is 0 Å². The first-order chi connectivity index (χ1) is 13.3. The average molecular weight is 354 g/mol. The molecule has 0 unspecified atom stereocenters. The largest absolute Gasteiger partial charge is 0.457 e. The number of ether oxygens (including phenoxy) is 2. The summed E-state index contributed by atoms with van der Waals surface area (Å²) in [5.74, 6) is 3.23. The Hall–Kier alpha value is -3.26. The van der Waals surface area contributed by atoms with Crippen LogP contribution >= 0.6 is 0 Å². The zero-order chi connectivity index (χ0) is 18.5. The van der Waals surface area contributed by atoms with Crippen LogP contribution in [0.15, 0.2) is 91.0 Å². The van der Waals surface area contributed by atoms with Crippen LogP contribution in [0.3, 0.4) is 0 Å². The van der Waals surface area contributed by atoms with Crippen LogP contribution in [0.2, 0.25) is 0 Å². The van der Waals surface area contributed by atoms with Crippen LogP contribution in [-0.2, 0) is 6.42 Å². The molecule has 4 aromatic carbocycles. The highest BCUT2D eigenvalue weighted by Crippen LogP contribution is 2.29. The van der Waals surface area contributed by atoms with Crippen molar-refractivity contribution in [2.24, 2.45) is 0 Å². The molecule has 0 spiro atoms. The van der Waals surface area contributed by atoms with Crippen molar-refractivity contribution in [1.82, 2.24) is 0 Å². The molecule has 0 N–H and O–H groups in total.